The molecule has 0 unspecified atom stereocenters. The summed E-state index contributed by atoms with van der Waals surface area (Å²) < 4.78 is 36.8. The number of fused-ring (bicyclic) bond motifs is 1. The van der Waals surface area contributed by atoms with Crippen LogP contribution in [0.4, 0.5) is 0 Å². The minimum Gasteiger partial charge on any atom is -0.493 e. The summed E-state index contributed by atoms with van der Waals surface area (Å²) >= 11 is 0. The summed E-state index contributed by atoms with van der Waals surface area (Å²) in [4.78, 5) is 13.4. The first-order valence-electron chi connectivity index (χ1n) is 10.5. The van der Waals surface area contributed by atoms with Gasteiger partial charge in [0, 0.05) is 5.56 Å². The lowest BCUT2D eigenvalue weighted by Crippen LogP contribution is -2.18. The molecule has 0 bridgehead atoms. The van der Waals surface area contributed by atoms with Gasteiger partial charge in [0.05, 0.1) is 23.8 Å². The molecule has 0 aliphatic carbocycles. The van der Waals surface area contributed by atoms with Crippen LogP contribution in [0.2, 0.25) is 0 Å². The SMILES string of the molecule is COc1cccc(/C=N/NS(=O)(=O)c2ccc3ccccc3c2)c1OCc1ccc(C(=O)O)cc1. The summed E-state index contributed by atoms with van der Waals surface area (Å²) in [6.07, 6.45) is 1.34. The second-order valence-corrected chi connectivity index (χ2v) is 9.19. The maximum atomic E-state index is 12.7. The second-order valence-electron chi connectivity index (χ2n) is 7.53. The van der Waals surface area contributed by atoms with Gasteiger partial charge in [0.15, 0.2) is 11.5 Å². The molecule has 0 aromatic heterocycles. The van der Waals surface area contributed by atoms with Crippen molar-refractivity contribution in [3.8, 4) is 11.5 Å². The Kier molecular flexibility index (Phi) is 6.98. The number of benzene rings is 4. The number of hydrazone groups is 1. The van der Waals surface area contributed by atoms with Crippen LogP contribution >= 0.6 is 0 Å². The van der Waals surface area contributed by atoms with Crippen LogP contribution in [0.3, 0.4) is 0 Å². The highest BCUT2D eigenvalue weighted by atomic mass is 32.2. The van der Waals surface area contributed by atoms with Crippen LogP contribution in [0.5, 0.6) is 11.5 Å². The lowest BCUT2D eigenvalue weighted by Gasteiger charge is -2.13. The lowest BCUT2D eigenvalue weighted by atomic mass is 10.1. The summed E-state index contributed by atoms with van der Waals surface area (Å²) in [6, 6.07) is 23.8. The van der Waals surface area contributed by atoms with Gasteiger partial charge in [0.1, 0.15) is 6.61 Å². The number of methoxy groups -OCH3 is 1. The topological polar surface area (TPSA) is 114 Å². The Balaban J connectivity index is 1.52. The summed E-state index contributed by atoms with van der Waals surface area (Å²) in [5, 5.41) is 14.7. The Hall–Kier alpha value is -4.37. The van der Waals surface area contributed by atoms with E-state index in [1.807, 2.05) is 24.3 Å². The van der Waals surface area contributed by atoms with E-state index in [0.717, 1.165) is 16.3 Å². The van der Waals surface area contributed by atoms with E-state index >= 15 is 0 Å². The zero-order valence-corrected chi connectivity index (χ0v) is 19.5. The lowest BCUT2D eigenvalue weighted by molar-refractivity contribution is 0.0697. The van der Waals surface area contributed by atoms with Gasteiger partial charge in [0.2, 0.25) is 0 Å². The van der Waals surface area contributed by atoms with Gasteiger partial charge in [-0.2, -0.15) is 13.5 Å². The number of rotatable bonds is 9. The average molecular weight is 491 g/mol. The molecule has 0 saturated carbocycles. The van der Waals surface area contributed by atoms with Crippen molar-refractivity contribution in [1.82, 2.24) is 4.83 Å². The predicted octanol–water partition coefficient (Wildman–Crippen LogP) is 4.44. The van der Waals surface area contributed by atoms with Crippen LogP contribution in [-0.4, -0.2) is 32.8 Å². The van der Waals surface area contributed by atoms with E-state index in [0.29, 0.717) is 17.1 Å². The van der Waals surface area contributed by atoms with Crippen molar-refractivity contribution < 1.29 is 27.8 Å². The van der Waals surface area contributed by atoms with Crippen molar-refractivity contribution in [3.05, 3.63) is 102 Å². The minimum atomic E-state index is -3.88. The standard InChI is InChI=1S/C26H22N2O6S/c1-33-24-8-4-7-22(25(24)34-17-18-9-11-20(12-10-18)26(29)30)16-27-28-35(31,32)23-14-13-19-5-2-3-6-21(19)15-23/h2-16,28H,17H2,1H3,(H,29,30)/b27-16+. The number of carboxylic acid groups (broad SMARTS) is 1. The summed E-state index contributed by atoms with van der Waals surface area (Å²) in [5.74, 6) is -0.203. The molecule has 4 aromatic carbocycles. The number of nitrogens with zero attached hydrogens (tertiary/aromatic N) is 1. The molecule has 0 aliphatic rings. The van der Waals surface area contributed by atoms with Crippen molar-refractivity contribution in [3.63, 3.8) is 0 Å². The monoisotopic (exact) mass is 490 g/mol. The molecule has 0 aliphatic heterocycles. The number of hydrogen-bond donors (Lipinski definition) is 2. The summed E-state index contributed by atoms with van der Waals surface area (Å²) in [5.41, 5.74) is 1.42. The fourth-order valence-corrected chi connectivity index (χ4v) is 4.23. The average Bonchev–Trinajstić information content (AvgIpc) is 2.87. The number of ether oxygens (including phenoxy) is 2. The first kappa shape index (κ1) is 23.8. The highest BCUT2D eigenvalue weighted by Gasteiger charge is 2.14. The van der Waals surface area contributed by atoms with Crippen LogP contribution in [0.1, 0.15) is 21.5 Å². The van der Waals surface area contributed by atoms with E-state index < -0.39 is 16.0 Å². The molecule has 35 heavy (non-hydrogen) atoms. The maximum Gasteiger partial charge on any atom is 0.335 e. The van der Waals surface area contributed by atoms with Crippen LogP contribution in [0, 0.1) is 0 Å². The van der Waals surface area contributed by atoms with Crippen LogP contribution in [0.25, 0.3) is 10.8 Å². The molecule has 9 heteroatoms. The van der Waals surface area contributed by atoms with E-state index in [2.05, 4.69) is 9.93 Å². The number of carbonyl (C=O) groups is 1. The van der Waals surface area contributed by atoms with Crippen LogP contribution < -0.4 is 14.3 Å². The van der Waals surface area contributed by atoms with Crippen molar-refractivity contribution in [2.24, 2.45) is 5.10 Å². The number of para-hydroxylation sites is 1. The highest BCUT2D eigenvalue weighted by Crippen LogP contribution is 2.31. The molecule has 0 heterocycles. The van der Waals surface area contributed by atoms with Gasteiger partial charge in [0.25, 0.3) is 10.0 Å². The molecule has 0 atom stereocenters. The molecule has 0 amide bonds. The molecular formula is C26H22N2O6S. The third-order valence-corrected chi connectivity index (χ3v) is 6.44. The van der Waals surface area contributed by atoms with Gasteiger partial charge < -0.3 is 14.6 Å². The third-order valence-electron chi connectivity index (χ3n) is 5.22. The molecule has 0 fully saturated rings. The molecule has 4 aromatic rings. The molecule has 0 spiro atoms. The Labute approximate surface area is 202 Å². The second kappa shape index (κ2) is 10.3. The largest absolute Gasteiger partial charge is 0.493 e. The predicted molar refractivity (Wildman–Crippen MR) is 133 cm³/mol. The molecular weight excluding hydrogens is 468 g/mol. The van der Waals surface area contributed by atoms with Crippen LogP contribution in [-0.2, 0) is 16.6 Å². The number of aromatic carboxylic acids is 1. The number of sulfonamides is 1. The Morgan fingerprint density at radius 3 is 2.43 bits per heavy atom. The van der Waals surface area contributed by atoms with E-state index in [-0.39, 0.29) is 17.1 Å². The number of nitrogens with one attached hydrogen (secondary N) is 1. The zero-order valence-electron chi connectivity index (χ0n) is 18.7. The number of carboxylic acids is 1. The van der Waals surface area contributed by atoms with Gasteiger partial charge in [-0.25, -0.2) is 9.63 Å². The zero-order chi connectivity index (χ0) is 24.8. The molecule has 8 nitrogen and oxygen atoms in total. The summed E-state index contributed by atoms with van der Waals surface area (Å²) in [6.45, 7) is 0.143. The fourth-order valence-electron chi connectivity index (χ4n) is 3.40. The minimum absolute atomic E-state index is 0.0975. The number of hydrogen-bond acceptors (Lipinski definition) is 6. The van der Waals surface area contributed by atoms with Gasteiger partial charge in [-0.15, -0.1) is 0 Å². The van der Waals surface area contributed by atoms with Crippen molar-refractivity contribution in [2.45, 2.75) is 11.5 Å². The highest BCUT2D eigenvalue weighted by molar-refractivity contribution is 7.89. The smallest absolute Gasteiger partial charge is 0.335 e. The molecule has 178 valence electrons. The molecule has 2 N–H and O–H groups in total. The van der Waals surface area contributed by atoms with Gasteiger partial charge in [-0.3, -0.25) is 0 Å². The van der Waals surface area contributed by atoms with E-state index in [1.54, 1.807) is 42.5 Å². The van der Waals surface area contributed by atoms with E-state index in [4.69, 9.17) is 14.6 Å². The maximum absolute atomic E-state index is 12.7. The fraction of sp³-hybridized carbons (Fsp3) is 0.0769. The Morgan fingerprint density at radius 2 is 1.71 bits per heavy atom. The first-order valence-corrected chi connectivity index (χ1v) is 12.0. The summed E-state index contributed by atoms with van der Waals surface area (Å²) in [7, 11) is -2.39. The molecule has 0 saturated heterocycles. The van der Waals surface area contributed by atoms with Crippen molar-refractivity contribution >= 4 is 33.0 Å². The molecule has 4 rings (SSSR count). The third kappa shape index (κ3) is 5.59. The van der Waals surface area contributed by atoms with Crippen molar-refractivity contribution in [1.29, 1.82) is 0 Å². The van der Waals surface area contributed by atoms with Gasteiger partial charge >= 0.3 is 5.97 Å². The van der Waals surface area contributed by atoms with Gasteiger partial charge in [-0.1, -0.05) is 48.5 Å². The molecule has 0 radical (unpaired) electrons. The van der Waals surface area contributed by atoms with Crippen molar-refractivity contribution in [2.75, 3.05) is 7.11 Å². The van der Waals surface area contributed by atoms with Crippen LogP contribution in [0.15, 0.2) is 94.9 Å². The normalized spacial score (nSPS) is 11.5. The first-order chi connectivity index (χ1) is 16.9. The van der Waals surface area contributed by atoms with Gasteiger partial charge in [-0.05, 0) is 52.7 Å². The Morgan fingerprint density at radius 1 is 0.971 bits per heavy atom. The van der Waals surface area contributed by atoms with E-state index in [9.17, 15) is 13.2 Å². The Bertz CT molecular complexity index is 1500. The quantitative estimate of drug-likeness (QED) is 0.265. The van der Waals surface area contributed by atoms with E-state index in [1.165, 1.54) is 31.5 Å².